The van der Waals surface area contributed by atoms with Crippen molar-refractivity contribution in [2.45, 2.75) is 24.5 Å². The minimum atomic E-state index is -0.949. The van der Waals surface area contributed by atoms with Crippen LogP contribution in [-0.4, -0.2) is 96.6 Å². The largest absolute Gasteiger partial charge is 0.454 e. The summed E-state index contributed by atoms with van der Waals surface area (Å²) in [6.45, 7) is 3.99. The summed E-state index contributed by atoms with van der Waals surface area (Å²) in [6.07, 6.45) is -0.186. The monoisotopic (exact) mass is 688 g/mol. The lowest BCUT2D eigenvalue weighted by molar-refractivity contribution is -0.00988. The van der Waals surface area contributed by atoms with E-state index in [-0.39, 0.29) is 31.3 Å². The van der Waals surface area contributed by atoms with Crippen molar-refractivity contribution in [1.29, 1.82) is 5.26 Å². The van der Waals surface area contributed by atoms with Gasteiger partial charge < -0.3 is 29.5 Å². The molecule has 0 unspecified atom stereocenters. The van der Waals surface area contributed by atoms with Crippen LogP contribution in [0.3, 0.4) is 0 Å². The first-order valence-corrected chi connectivity index (χ1v) is 16.8. The van der Waals surface area contributed by atoms with Crippen LogP contribution in [0.1, 0.15) is 45.4 Å². The van der Waals surface area contributed by atoms with E-state index < -0.39 is 6.10 Å². The molecule has 11 heteroatoms. The Kier molecular flexibility index (Phi) is 10.7. The highest BCUT2D eigenvalue weighted by Gasteiger charge is 2.32. The highest BCUT2D eigenvalue weighted by molar-refractivity contribution is 6.42. The number of fused-ring (bicyclic) bond motifs is 2. The smallest absolute Gasteiger partial charge is 0.254 e. The number of piperazine rings is 1. The predicted octanol–water partition coefficient (Wildman–Crippen LogP) is 5.70. The van der Waals surface area contributed by atoms with E-state index in [9.17, 15) is 20.3 Å². The van der Waals surface area contributed by atoms with E-state index in [1.807, 2.05) is 54.6 Å². The molecule has 1 fully saturated rings. The summed E-state index contributed by atoms with van der Waals surface area (Å²) < 4.78 is 11.0. The Hall–Kier alpha value is -3.88. The number of hydrogen-bond donors (Lipinski definition) is 2. The van der Waals surface area contributed by atoms with Crippen molar-refractivity contribution in [3.8, 4) is 17.6 Å². The molecule has 0 bridgehead atoms. The van der Waals surface area contributed by atoms with Crippen LogP contribution < -0.4 is 9.47 Å². The van der Waals surface area contributed by atoms with Crippen LogP contribution in [0.25, 0.3) is 10.8 Å². The molecule has 6 rings (SSSR count). The second-order valence-corrected chi connectivity index (χ2v) is 13.2. The third-order valence-corrected chi connectivity index (χ3v) is 10.1. The second kappa shape index (κ2) is 15.1. The normalized spacial score (nSPS) is 16.8. The number of nitriles is 1. The van der Waals surface area contributed by atoms with Gasteiger partial charge in [-0.1, -0.05) is 59.6 Å². The maximum Gasteiger partial charge on any atom is 0.254 e. The number of carbonyl (C=O) groups excluding carboxylic acids is 1. The Morgan fingerprint density at radius 1 is 0.958 bits per heavy atom. The fourth-order valence-electron chi connectivity index (χ4n) is 6.78. The maximum atomic E-state index is 13.9. The van der Waals surface area contributed by atoms with Gasteiger partial charge in [0.15, 0.2) is 11.5 Å². The van der Waals surface area contributed by atoms with Crippen LogP contribution >= 0.6 is 23.2 Å². The van der Waals surface area contributed by atoms with Crippen LogP contribution in [0.15, 0.2) is 72.8 Å². The Bertz CT molecular complexity index is 1820. The number of rotatable bonds is 11. The van der Waals surface area contributed by atoms with E-state index in [2.05, 4.69) is 15.9 Å². The first-order valence-electron chi connectivity index (χ1n) is 16.0. The SMILES string of the molecule is CN(C[C@@H](CCN1CCN([C@@H](c2ccc3c(c2)OCO3)[C@H](O)CO)CC1)c1ccc(Cl)c(Cl)c1)C(=O)c1cc(C#N)cc2ccccc12. The first-order chi connectivity index (χ1) is 23.2. The number of benzene rings is 4. The average Bonchev–Trinajstić information content (AvgIpc) is 3.59. The van der Waals surface area contributed by atoms with Crippen molar-refractivity contribution in [2.24, 2.45) is 0 Å². The van der Waals surface area contributed by atoms with E-state index in [0.29, 0.717) is 52.3 Å². The Balaban J connectivity index is 1.15. The average molecular weight is 690 g/mol. The molecule has 1 amide bonds. The molecule has 0 aromatic heterocycles. The van der Waals surface area contributed by atoms with Crippen LogP contribution in [0, 0.1) is 11.3 Å². The molecule has 2 N–H and O–H groups in total. The van der Waals surface area contributed by atoms with E-state index in [4.69, 9.17) is 32.7 Å². The van der Waals surface area contributed by atoms with Crippen molar-refractivity contribution in [3.63, 3.8) is 0 Å². The van der Waals surface area contributed by atoms with E-state index >= 15 is 0 Å². The summed E-state index contributed by atoms with van der Waals surface area (Å²) >= 11 is 12.7. The molecule has 48 heavy (non-hydrogen) atoms. The van der Waals surface area contributed by atoms with Gasteiger partial charge in [0.05, 0.1) is 40.4 Å². The first kappa shape index (κ1) is 34.0. The summed E-state index contributed by atoms with van der Waals surface area (Å²) in [7, 11) is 1.79. The topological polar surface area (TPSA) is 110 Å². The third-order valence-electron chi connectivity index (χ3n) is 9.36. The molecule has 0 saturated carbocycles. The summed E-state index contributed by atoms with van der Waals surface area (Å²) in [5, 5.41) is 32.9. The van der Waals surface area contributed by atoms with Crippen molar-refractivity contribution in [3.05, 3.63) is 105 Å². The molecule has 0 aliphatic carbocycles. The van der Waals surface area contributed by atoms with Crippen LogP contribution in [0.2, 0.25) is 10.0 Å². The minimum Gasteiger partial charge on any atom is -0.454 e. The van der Waals surface area contributed by atoms with Crippen molar-refractivity contribution < 1.29 is 24.5 Å². The molecule has 0 radical (unpaired) electrons. The number of carbonyl (C=O) groups is 1. The highest BCUT2D eigenvalue weighted by Crippen LogP contribution is 2.37. The van der Waals surface area contributed by atoms with Crippen LogP contribution in [0.5, 0.6) is 11.5 Å². The molecule has 0 spiro atoms. The number of amides is 1. The summed E-state index contributed by atoms with van der Waals surface area (Å²) in [5.41, 5.74) is 2.80. The fraction of sp³-hybridized carbons (Fsp3) is 0.351. The van der Waals surface area contributed by atoms with E-state index in [1.54, 1.807) is 30.1 Å². The van der Waals surface area contributed by atoms with Gasteiger partial charge in [0.1, 0.15) is 0 Å². The van der Waals surface area contributed by atoms with Crippen LogP contribution in [0.4, 0.5) is 0 Å². The van der Waals surface area contributed by atoms with Crippen molar-refractivity contribution >= 4 is 39.9 Å². The molecule has 4 aromatic rings. The quantitative estimate of drug-likeness (QED) is 0.207. The summed E-state index contributed by atoms with van der Waals surface area (Å²) in [6, 6.07) is 24.2. The molecule has 250 valence electrons. The minimum absolute atomic E-state index is 0.0326. The second-order valence-electron chi connectivity index (χ2n) is 12.4. The molecule has 1 saturated heterocycles. The molecule has 4 aromatic carbocycles. The molecule has 2 aliphatic rings. The molecule has 9 nitrogen and oxygen atoms in total. The molecule has 3 atom stereocenters. The van der Waals surface area contributed by atoms with Gasteiger partial charge >= 0.3 is 0 Å². The number of ether oxygens (including phenoxy) is 2. The lowest BCUT2D eigenvalue weighted by Gasteiger charge is -2.41. The highest BCUT2D eigenvalue weighted by atomic mass is 35.5. The Labute approximate surface area is 290 Å². The van der Waals surface area contributed by atoms with Gasteiger partial charge in [0.2, 0.25) is 6.79 Å². The van der Waals surface area contributed by atoms with E-state index in [1.165, 1.54) is 0 Å². The third kappa shape index (κ3) is 7.40. The van der Waals surface area contributed by atoms with Crippen molar-refractivity contribution in [2.75, 3.05) is 59.7 Å². The standard InChI is InChI=1S/C37H38Cl2N4O5/c1-41(37(46)30-17-24(20-40)16-26-4-2-3-5-29(26)30)21-28(25-6-8-31(38)32(39)18-25)10-11-42-12-14-43(15-13-42)36(33(45)22-44)27-7-9-34-35(19-27)48-23-47-34/h2-9,16-19,28,33,36,44-45H,10-15,21-23H2,1H3/t28-,33-,36+/m1/s1. The zero-order chi connectivity index (χ0) is 33.8. The maximum absolute atomic E-state index is 13.9. The molecular weight excluding hydrogens is 651 g/mol. The Morgan fingerprint density at radius 3 is 2.46 bits per heavy atom. The van der Waals surface area contributed by atoms with Crippen LogP contribution in [-0.2, 0) is 0 Å². The number of likely N-dealkylation sites (N-methyl/N-ethyl adjacent to an activating group) is 1. The zero-order valence-electron chi connectivity index (χ0n) is 26.7. The predicted molar refractivity (Wildman–Crippen MR) is 186 cm³/mol. The Morgan fingerprint density at radius 2 is 1.71 bits per heavy atom. The molecule has 2 heterocycles. The zero-order valence-corrected chi connectivity index (χ0v) is 28.2. The lowest BCUT2D eigenvalue weighted by atomic mass is 9.94. The van der Waals surface area contributed by atoms with Gasteiger partial charge in [-0.05, 0) is 71.3 Å². The van der Waals surface area contributed by atoms with Gasteiger partial charge in [0, 0.05) is 51.3 Å². The fourth-order valence-corrected chi connectivity index (χ4v) is 7.08. The van der Waals surface area contributed by atoms with E-state index in [0.717, 1.165) is 48.0 Å². The molecular formula is C37H38Cl2N4O5. The summed E-state index contributed by atoms with van der Waals surface area (Å²) in [5.74, 6) is 1.13. The van der Waals surface area contributed by atoms with Gasteiger partial charge in [-0.15, -0.1) is 0 Å². The van der Waals surface area contributed by atoms with Gasteiger partial charge in [-0.25, -0.2) is 0 Å². The number of aliphatic hydroxyl groups excluding tert-OH is 2. The van der Waals surface area contributed by atoms with Crippen molar-refractivity contribution in [1.82, 2.24) is 14.7 Å². The summed E-state index contributed by atoms with van der Waals surface area (Å²) in [4.78, 5) is 20.2. The van der Waals surface area contributed by atoms with Gasteiger partial charge in [0.25, 0.3) is 5.91 Å². The van der Waals surface area contributed by atoms with Gasteiger partial charge in [-0.3, -0.25) is 9.69 Å². The lowest BCUT2D eigenvalue weighted by Crippen LogP contribution is -2.50. The number of halogens is 2. The number of nitrogens with zero attached hydrogens (tertiary/aromatic N) is 4. The number of hydrogen-bond acceptors (Lipinski definition) is 8. The number of aliphatic hydroxyl groups is 2. The molecule has 2 aliphatic heterocycles. The van der Waals surface area contributed by atoms with Gasteiger partial charge in [-0.2, -0.15) is 5.26 Å².